The molecule has 2 aromatic rings. The summed E-state index contributed by atoms with van der Waals surface area (Å²) >= 11 is 6.12. The molecule has 3 rings (SSSR count). The number of carboxylic acids is 1. The van der Waals surface area contributed by atoms with E-state index >= 15 is 0 Å². The molecule has 0 fully saturated rings. The Kier molecular flexibility index (Phi) is 12.2. The van der Waals surface area contributed by atoms with E-state index in [1.807, 2.05) is 4.90 Å². The molecule has 208 valence electrons. The van der Waals surface area contributed by atoms with Crippen LogP contribution < -0.4 is 10.6 Å². The number of fused-ring (bicyclic) bond motifs is 1. The van der Waals surface area contributed by atoms with Gasteiger partial charge in [0.05, 0.1) is 12.5 Å². The van der Waals surface area contributed by atoms with Crippen LogP contribution in [-0.2, 0) is 33.6 Å². The lowest BCUT2D eigenvalue weighted by Crippen LogP contribution is -2.45. The number of alkyl halides is 1. The number of ether oxygens (including phenoxy) is 1. The zero-order valence-electron chi connectivity index (χ0n) is 21.9. The second-order valence-corrected chi connectivity index (χ2v) is 10.0. The average Bonchev–Trinajstić information content (AvgIpc) is 2.92. The van der Waals surface area contributed by atoms with Crippen LogP contribution in [0.15, 0.2) is 36.4 Å². The third-order valence-corrected chi connectivity index (χ3v) is 7.12. The normalized spacial score (nSPS) is 14.4. The van der Waals surface area contributed by atoms with Gasteiger partial charge in [0, 0.05) is 37.5 Å². The molecule has 38 heavy (non-hydrogen) atoms. The van der Waals surface area contributed by atoms with Gasteiger partial charge < -0.3 is 25.4 Å². The van der Waals surface area contributed by atoms with Crippen molar-refractivity contribution in [3.63, 3.8) is 0 Å². The molecular weight excluding hydrogens is 511 g/mol. The van der Waals surface area contributed by atoms with Gasteiger partial charge in [-0.1, -0.05) is 35.9 Å². The van der Waals surface area contributed by atoms with Crippen LogP contribution in [0.3, 0.4) is 0 Å². The summed E-state index contributed by atoms with van der Waals surface area (Å²) < 4.78 is 18.6. The molecule has 1 aliphatic heterocycles. The van der Waals surface area contributed by atoms with E-state index in [0.29, 0.717) is 30.2 Å². The summed E-state index contributed by atoms with van der Waals surface area (Å²) in [6.07, 6.45) is 4.32. The number of nitrogens with zero attached hydrogens (tertiary/aromatic N) is 2. The first-order chi connectivity index (χ1) is 18.4. The topological polar surface area (TPSA) is 104 Å². The molecule has 8 nitrogen and oxygen atoms in total. The quantitative estimate of drug-likeness (QED) is 0.273. The highest BCUT2D eigenvalue weighted by atomic mass is 35.5. The number of nitrogens with one attached hydrogen (secondary N) is 2. The Morgan fingerprint density at radius 2 is 2.05 bits per heavy atom. The van der Waals surface area contributed by atoms with Gasteiger partial charge >= 0.3 is 5.97 Å². The zero-order chi connectivity index (χ0) is 27.3. The minimum Gasteiger partial charge on any atom is -0.480 e. The van der Waals surface area contributed by atoms with Crippen LogP contribution in [0.4, 0.5) is 10.2 Å². The molecule has 0 spiro atoms. The fourth-order valence-electron chi connectivity index (χ4n) is 4.55. The number of halogens is 2. The minimum absolute atomic E-state index is 0.00693. The maximum atomic E-state index is 13.4. The fourth-order valence-corrected chi connectivity index (χ4v) is 4.75. The Bertz CT molecular complexity index is 1050. The third kappa shape index (κ3) is 9.53. The molecule has 0 aliphatic carbocycles. The molecule has 1 aliphatic rings. The van der Waals surface area contributed by atoms with E-state index in [9.17, 15) is 19.1 Å². The maximum absolute atomic E-state index is 13.4. The van der Waals surface area contributed by atoms with E-state index in [1.165, 1.54) is 12.7 Å². The number of anilines is 1. The molecule has 0 saturated heterocycles. The van der Waals surface area contributed by atoms with Crippen molar-refractivity contribution < 1.29 is 23.8 Å². The Morgan fingerprint density at radius 3 is 2.79 bits per heavy atom. The van der Waals surface area contributed by atoms with Crippen molar-refractivity contribution in [1.29, 1.82) is 0 Å². The lowest BCUT2D eigenvalue weighted by molar-refractivity contribution is -0.142. The summed E-state index contributed by atoms with van der Waals surface area (Å²) in [6.45, 7) is 1.70. The number of amides is 1. The van der Waals surface area contributed by atoms with E-state index in [2.05, 4.69) is 22.8 Å². The summed E-state index contributed by atoms with van der Waals surface area (Å²) in [5.74, 6) is -0.543. The predicted molar refractivity (Wildman–Crippen MR) is 147 cm³/mol. The average molecular weight is 549 g/mol. The van der Waals surface area contributed by atoms with Crippen molar-refractivity contribution in [3.8, 4) is 0 Å². The number of unbranched alkanes of at least 4 members (excludes halogenated alkanes) is 1. The van der Waals surface area contributed by atoms with E-state index in [0.717, 1.165) is 50.2 Å². The zero-order valence-corrected chi connectivity index (χ0v) is 22.7. The minimum atomic E-state index is -1.11. The highest BCUT2D eigenvalue weighted by molar-refractivity contribution is 6.31. The van der Waals surface area contributed by atoms with Gasteiger partial charge in [0.25, 0.3) is 0 Å². The Labute approximate surface area is 228 Å². The second kappa shape index (κ2) is 15.6. The van der Waals surface area contributed by atoms with Crippen molar-refractivity contribution in [3.05, 3.63) is 58.2 Å². The van der Waals surface area contributed by atoms with Crippen LogP contribution in [-0.4, -0.2) is 79.0 Å². The van der Waals surface area contributed by atoms with Crippen LogP contribution in [0.25, 0.3) is 0 Å². The first-order valence-electron chi connectivity index (χ1n) is 13.2. The second-order valence-electron chi connectivity index (χ2n) is 9.63. The SMILES string of the molecule is CO[C@H](CF)CN(CCCCc1ccc2c(n1)NCCC2)CC[C@H](NC(=O)Cc1ccccc1Cl)C(=O)O. The number of hydrogen-bond acceptors (Lipinski definition) is 6. The van der Waals surface area contributed by atoms with Gasteiger partial charge in [-0.05, 0) is 68.3 Å². The van der Waals surface area contributed by atoms with Gasteiger partial charge in [0.1, 0.15) is 18.5 Å². The molecule has 0 bridgehead atoms. The largest absolute Gasteiger partial charge is 0.480 e. The molecule has 2 atom stereocenters. The Balaban J connectivity index is 1.51. The smallest absolute Gasteiger partial charge is 0.326 e. The van der Waals surface area contributed by atoms with Crippen molar-refractivity contribution >= 4 is 29.3 Å². The number of hydrogen-bond donors (Lipinski definition) is 3. The molecule has 0 radical (unpaired) electrons. The first kappa shape index (κ1) is 29.8. The van der Waals surface area contributed by atoms with E-state index in [-0.39, 0.29) is 12.8 Å². The lowest BCUT2D eigenvalue weighted by Gasteiger charge is -2.27. The van der Waals surface area contributed by atoms with Gasteiger partial charge in [-0.3, -0.25) is 4.79 Å². The highest BCUT2D eigenvalue weighted by Gasteiger charge is 2.23. The van der Waals surface area contributed by atoms with Crippen molar-refractivity contribution in [2.75, 3.05) is 45.3 Å². The molecule has 3 N–H and O–H groups in total. The number of pyridine rings is 1. The van der Waals surface area contributed by atoms with Crippen molar-refractivity contribution in [2.45, 2.75) is 57.1 Å². The van der Waals surface area contributed by atoms with Crippen molar-refractivity contribution in [2.24, 2.45) is 0 Å². The van der Waals surface area contributed by atoms with Gasteiger partial charge in [0.2, 0.25) is 5.91 Å². The molecule has 10 heteroatoms. The summed E-state index contributed by atoms with van der Waals surface area (Å²) in [4.78, 5) is 31.1. The molecule has 0 unspecified atom stereocenters. The number of aryl methyl sites for hydroxylation is 2. The lowest BCUT2D eigenvalue weighted by atomic mass is 10.1. The van der Waals surface area contributed by atoms with Crippen LogP contribution >= 0.6 is 11.6 Å². The molecular formula is C28H38ClFN4O4. The molecule has 2 heterocycles. The number of rotatable bonds is 16. The summed E-state index contributed by atoms with van der Waals surface area (Å²) in [5, 5.41) is 16.1. The fraction of sp³-hybridized carbons (Fsp3) is 0.536. The van der Waals surface area contributed by atoms with Crippen LogP contribution in [0.1, 0.15) is 42.5 Å². The van der Waals surface area contributed by atoms with E-state index in [1.54, 1.807) is 24.3 Å². The molecule has 1 aromatic heterocycles. The van der Waals surface area contributed by atoms with Crippen LogP contribution in [0.5, 0.6) is 0 Å². The van der Waals surface area contributed by atoms with E-state index in [4.69, 9.17) is 21.3 Å². The van der Waals surface area contributed by atoms with Gasteiger partial charge in [0.15, 0.2) is 0 Å². The van der Waals surface area contributed by atoms with E-state index < -0.39 is 30.7 Å². The molecule has 1 aromatic carbocycles. The highest BCUT2D eigenvalue weighted by Crippen LogP contribution is 2.20. The van der Waals surface area contributed by atoms with Gasteiger partial charge in [-0.25, -0.2) is 14.2 Å². The summed E-state index contributed by atoms with van der Waals surface area (Å²) in [7, 11) is 1.47. The summed E-state index contributed by atoms with van der Waals surface area (Å²) in [5.41, 5.74) is 2.93. The number of carboxylic acid groups (broad SMARTS) is 1. The Hall–Kier alpha value is -2.75. The van der Waals surface area contributed by atoms with Gasteiger partial charge in [-0.2, -0.15) is 0 Å². The number of carbonyl (C=O) groups is 2. The summed E-state index contributed by atoms with van der Waals surface area (Å²) in [6, 6.07) is 10.1. The monoisotopic (exact) mass is 548 g/mol. The van der Waals surface area contributed by atoms with Gasteiger partial charge in [-0.15, -0.1) is 0 Å². The third-order valence-electron chi connectivity index (χ3n) is 6.75. The van der Waals surface area contributed by atoms with Crippen molar-refractivity contribution in [1.82, 2.24) is 15.2 Å². The number of aliphatic carboxylic acids is 1. The molecule has 1 amide bonds. The van der Waals surface area contributed by atoms with Crippen LogP contribution in [0, 0.1) is 0 Å². The standard InChI is InChI=1S/C28H38ClFN4O4/c1-38-23(18-30)19-34(15-5-4-9-22-12-11-20-8-6-14-31-27(20)32-22)16-13-25(28(36)37)33-26(35)17-21-7-2-3-10-24(21)29/h2-3,7,10-12,23,25H,4-6,8-9,13-19H2,1H3,(H,31,32)(H,33,35)(H,36,37)/t23-,25+/m1/s1. The van der Waals surface area contributed by atoms with Crippen LogP contribution in [0.2, 0.25) is 5.02 Å². The number of carbonyl (C=O) groups excluding carboxylic acids is 1. The number of benzene rings is 1. The Morgan fingerprint density at radius 1 is 1.24 bits per heavy atom. The maximum Gasteiger partial charge on any atom is 0.326 e. The molecule has 0 saturated carbocycles. The number of aromatic nitrogens is 1. The first-order valence-corrected chi connectivity index (χ1v) is 13.6. The number of methoxy groups -OCH3 is 1. The predicted octanol–water partition coefficient (Wildman–Crippen LogP) is 3.90.